The SMILES string of the molecule is CCC(C)(OC)C(=O)NC1(CN)CCCCC1C. The fourth-order valence-electron chi connectivity index (χ4n) is 2.71. The number of amides is 1. The van der Waals surface area contributed by atoms with Crippen LogP contribution >= 0.6 is 0 Å². The molecule has 106 valence electrons. The van der Waals surface area contributed by atoms with E-state index in [0.29, 0.717) is 18.9 Å². The van der Waals surface area contributed by atoms with Crippen molar-refractivity contribution in [2.75, 3.05) is 13.7 Å². The van der Waals surface area contributed by atoms with Crippen molar-refractivity contribution in [2.45, 2.75) is 64.0 Å². The minimum atomic E-state index is -0.751. The predicted molar refractivity (Wildman–Crippen MR) is 73.3 cm³/mol. The lowest BCUT2D eigenvalue weighted by atomic mass is 9.73. The molecular weight excluding hydrogens is 228 g/mol. The summed E-state index contributed by atoms with van der Waals surface area (Å²) in [4.78, 5) is 12.4. The lowest BCUT2D eigenvalue weighted by Crippen LogP contribution is -2.63. The van der Waals surface area contributed by atoms with Gasteiger partial charge in [-0.15, -0.1) is 0 Å². The van der Waals surface area contributed by atoms with E-state index in [9.17, 15) is 4.79 Å². The van der Waals surface area contributed by atoms with E-state index in [1.54, 1.807) is 7.11 Å². The molecule has 1 aliphatic carbocycles. The summed E-state index contributed by atoms with van der Waals surface area (Å²) in [7, 11) is 1.59. The molecule has 1 fully saturated rings. The molecule has 0 aromatic rings. The molecule has 18 heavy (non-hydrogen) atoms. The number of rotatable bonds is 5. The zero-order chi connectivity index (χ0) is 13.8. The van der Waals surface area contributed by atoms with Crippen LogP contribution in [-0.2, 0) is 9.53 Å². The first-order valence-electron chi connectivity index (χ1n) is 7.02. The zero-order valence-corrected chi connectivity index (χ0v) is 12.2. The van der Waals surface area contributed by atoms with Gasteiger partial charge in [-0.25, -0.2) is 0 Å². The van der Waals surface area contributed by atoms with Gasteiger partial charge < -0.3 is 15.8 Å². The third-order valence-electron chi connectivity index (χ3n) is 4.79. The van der Waals surface area contributed by atoms with Crippen LogP contribution in [0.1, 0.15) is 52.9 Å². The maximum absolute atomic E-state index is 12.4. The summed E-state index contributed by atoms with van der Waals surface area (Å²) in [5.41, 5.74) is 4.95. The quantitative estimate of drug-likeness (QED) is 0.788. The van der Waals surface area contributed by atoms with E-state index in [1.165, 1.54) is 6.42 Å². The highest BCUT2D eigenvalue weighted by atomic mass is 16.5. The second-order valence-electron chi connectivity index (χ2n) is 5.75. The van der Waals surface area contributed by atoms with Crippen molar-refractivity contribution < 1.29 is 9.53 Å². The lowest BCUT2D eigenvalue weighted by Gasteiger charge is -2.44. The Labute approximate surface area is 111 Å². The van der Waals surface area contributed by atoms with Crippen molar-refractivity contribution in [3.05, 3.63) is 0 Å². The summed E-state index contributed by atoms with van der Waals surface area (Å²) in [5, 5.41) is 3.19. The van der Waals surface area contributed by atoms with Gasteiger partial charge in [0.05, 0.1) is 5.54 Å². The number of hydrogen-bond acceptors (Lipinski definition) is 3. The van der Waals surface area contributed by atoms with E-state index in [2.05, 4.69) is 12.2 Å². The molecule has 0 spiro atoms. The molecule has 4 nitrogen and oxygen atoms in total. The van der Waals surface area contributed by atoms with E-state index in [0.717, 1.165) is 19.3 Å². The topological polar surface area (TPSA) is 64.3 Å². The Balaban J connectivity index is 2.82. The molecule has 3 unspecified atom stereocenters. The first-order valence-corrected chi connectivity index (χ1v) is 7.02. The Morgan fingerprint density at radius 1 is 1.56 bits per heavy atom. The second-order valence-corrected chi connectivity index (χ2v) is 5.75. The van der Waals surface area contributed by atoms with Crippen LogP contribution in [0, 0.1) is 5.92 Å². The van der Waals surface area contributed by atoms with Gasteiger partial charge >= 0.3 is 0 Å². The third kappa shape index (κ3) is 2.86. The number of methoxy groups -OCH3 is 1. The highest BCUT2D eigenvalue weighted by Crippen LogP contribution is 2.33. The Bertz CT molecular complexity index is 290. The van der Waals surface area contributed by atoms with Gasteiger partial charge in [0, 0.05) is 13.7 Å². The van der Waals surface area contributed by atoms with E-state index < -0.39 is 5.60 Å². The number of nitrogens with one attached hydrogen (secondary N) is 1. The highest BCUT2D eigenvalue weighted by molar-refractivity contribution is 5.85. The van der Waals surface area contributed by atoms with Crippen LogP contribution in [0.5, 0.6) is 0 Å². The molecule has 0 aromatic carbocycles. The summed E-state index contributed by atoms with van der Waals surface area (Å²) in [6.45, 7) is 6.48. The van der Waals surface area contributed by atoms with Crippen molar-refractivity contribution >= 4 is 5.91 Å². The zero-order valence-electron chi connectivity index (χ0n) is 12.2. The van der Waals surface area contributed by atoms with Crippen molar-refractivity contribution in [1.29, 1.82) is 0 Å². The molecule has 1 saturated carbocycles. The summed E-state index contributed by atoms with van der Waals surface area (Å²) in [6.07, 6.45) is 5.13. The molecule has 3 atom stereocenters. The minimum Gasteiger partial charge on any atom is -0.369 e. The molecule has 0 bridgehead atoms. The Hall–Kier alpha value is -0.610. The summed E-state index contributed by atoms with van der Waals surface area (Å²) < 4.78 is 5.36. The summed E-state index contributed by atoms with van der Waals surface area (Å²) in [5.74, 6) is 0.393. The summed E-state index contributed by atoms with van der Waals surface area (Å²) in [6, 6.07) is 0. The van der Waals surface area contributed by atoms with Gasteiger partial charge in [-0.3, -0.25) is 4.79 Å². The standard InChI is InChI=1S/C14H28N2O2/c1-5-13(3,18-4)12(17)16-14(10-15)9-7-6-8-11(14)2/h11H,5-10,15H2,1-4H3,(H,16,17). The third-order valence-corrected chi connectivity index (χ3v) is 4.79. The van der Waals surface area contributed by atoms with Crippen LogP contribution in [0.25, 0.3) is 0 Å². The molecule has 4 heteroatoms. The maximum atomic E-state index is 12.4. The van der Waals surface area contributed by atoms with Gasteiger partial charge in [-0.1, -0.05) is 26.7 Å². The van der Waals surface area contributed by atoms with Crippen molar-refractivity contribution in [3.63, 3.8) is 0 Å². The fourth-order valence-corrected chi connectivity index (χ4v) is 2.71. The number of carbonyl (C=O) groups excluding carboxylic acids is 1. The Kier molecular flexibility index (Phi) is 5.17. The number of nitrogens with two attached hydrogens (primary N) is 1. The van der Waals surface area contributed by atoms with Gasteiger partial charge in [0.1, 0.15) is 5.60 Å². The normalized spacial score (nSPS) is 31.7. The molecule has 0 heterocycles. The minimum absolute atomic E-state index is 0.0355. The van der Waals surface area contributed by atoms with Gasteiger partial charge in [0.2, 0.25) is 0 Å². The Morgan fingerprint density at radius 2 is 2.22 bits per heavy atom. The molecule has 0 aromatic heterocycles. The van der Waals surface area contributed by atoms with Crippen LogP contribution < -0.4 is 11.1 Å². The van der Waals surface area contributed by atoms with E-state index >= 15 is 0 Å². The van der Waals surface area contributed by atoms with Crippen molar-refractivity contribution in [2.24, 2.45) is 11.7 Å². The second kappa shape index (κ2) is 6.02. The first kappa shape index (κ1) is 15.4. The molecule has 0 aliphatic heterocycles. The van der Waals surface area contributed by atoms with E-state index in [1.807, 2.05) is 13.8 Å². The lowest BCUT2D eigenvalue weighted by molar-refractivity contribution is -0.145. The fraction of sp³-hybridized carbons (Fsp3) is 0.929. The number of hydrogen-bond donors (Lipinski definition) is 2. The van der Waals surface area contributed by atoms with Gasteiger partial charge in [-0.05, 0) is 32.1 Å². The average molecular weight is 256 g/mol. The molecule has 0 saturated heterocycles. The van der Waals surface area contributed by atoms with Crippen LogP contribution in [0.2, 0.25) is 0 Å². The predicted octanol–water partition coefficient (Wildman–Crippen LogP) is 1.83. The van der Waals surface area contributed by atoms with Crippen LogP contribution in [0.3, 0.4) is 0 Å². The van der Waals surface area contributed by atoms with E-state index in [4.69, 9.17) is 10.5 Å². The van der Waals surface area contributed by atoms with Gasteiger partial charge in [0.15, 0.2) is 0 Å². The monoisotopic (exact) mass is 256 g/mol. The van der Waals surface area contributed by atoms with Crippen molar-refractivity contribution in [3.8, 4) is 0 Å². The average Bonchev–Trinajstić information content (AvgIpc) is 2.40. The van der Waals surface area contributed by atoms with E-state index in [-0.39, 0.29) is 11.4 Å². The largest absolute Gasteiger partial charge is 0.369 e. The van der Waals surface area contributed by atoms with Crippen LogP contribution in [0.4, 0.5) is 0 Å². The number of ether oxygens (including phenoxy) is 1. The number of carbonyl (C=O) groups is 1. The summed E-state index contributed by atoms with van der Waals surface area (Å²) >= 11 is 0. The molecule has 1 rings (SSSR count). The molecular formula is C14H28N2O2. The molecule has 3 N–H and O–H groups in total. The maximum Gasteiger partial charge on any atom is 0.252 e. The Morgan fingerprint density at radius 3 is 2.67 bits per heavy atom. The van der Waals surface area contributed by atoms with Crippen molar-refractivity contribution in [1.82, 2.24) is 5.32 Å². The van der Waals surface area contributed by atoms with Crippen LogP contribution in [-0.4, -0.2) is 30.7 Å². The smallest absolute Gasteiger partial charge is 0.252 e. The van der Waals surface area contributed by atoms with Crippen LogP contribution in [0.15, 0.2) is 0 Å². The first-order chi connectivity index (χ1) is 8.44. The highest BCUT2D eigenvalue weighted by Gasteiger charge is 2.42. The molecule has 0 radical (unpaired) electrons. The van der Waals surface area contributed by atoms with Gasteiger partial charge in [-0.2, -0.15) is 0 Å². The molecule has 1 aliphatic rings. The molecule has 1 amide bonds. The van der Waals surface area contributed by atoms with Gasteiger partial charge in [0.25, 0.3) is 5.91 Å².